The zero-order valence-corrected chi connectivity index (χ0v) is 18.1. The summed E-state index contributed by atoms with van der Waals surface area (Å²) in [6.45, 7) is 4.77. The van der Waals surface area contributed by atoms with Crippen molar-refractivity contribution in [1.29, 1.82) is 0 Å². The van der Waals surface area contributed by atoms with Gasteiger partial charge in [0, 0.05) is 13.1 Å². The number of hydrogen-bond donors (Lipinski definition) is 1. The van der Waals surface area contributed by atoms with E-state index in [9.17, 15) is 14.4 Å². The lowest BCUT2D eigenvalue weighted by Gasteiger charge is -2.33. The molecule has 1 atom stereocenters. The summed E-state index contributed by atoms with van der Waals surface area (Å²) in [7, 11) is 0. The van der Waals surface area contributed by atoms with Crippen molar-refractivity contribution >= 4 is 17.8 Å². The van der Waals surface area contributed by atoms with E-state index < -0.39 is 11.6 Å². The summed E-state index contributed by atoms with van der Waals surface area (Å²) in [5.41, 5.74) is 1.97. The summed E-state index contributed by atoms with van der Waals surface area (Å²) >= 11 is 0. The van der Waals surface area contributed by atoms with Gasteiger partial charge in [0.05, 0.1) is 0 Å². The second kappa shape index (κ2) is 8.53. The van der Waals surface area contributed by atoms with Crippen LogP contribution in [0.4, 0.5) is 4.79 Å². The van der Waals surface area contributed by atoms with Crippen molar-refractivity contribution < 1.29 is 14.4 Å². The lowest BCUT2D eigenvalue weighted by Crippen LogP contribution is -2.46. The average molecular weight is 420 g/mol. The van der Waals surface area contributed by atoms with Crippen molar-refractivity contribution in [3.63, 3.8) is 0 Å². The van der Waals surface area contributed by atoms with E-state index in [0.717, 1.165) is 29.7 Å². The van der Waals surface area contributed by atoms with Crippen LogP contribution >= 0.6 is 0 Å². The van der Waals surface area contributed by atoms with Gasteiger partial charge in [0.15, 0.2) is 0 Å². The van der Waals surface area contributed by atoms with Crippen LogP contribution in [0.5, 0.6) is 0 Å². The second-order valence-corrected chi connectivity index (χ2v) is 8.83. The molecular formula is C25H29N3O3. The molecule has 4 rings (SSSR count). The highest BCUT2D eigenvalue weighted by Crippen LogP contribution is 2.29. The summed E-state index contributed by atoms with van der Waals surface area (Å²) in [5, 5.41) is 2.78. The Morgan fingerprint density at radius 2 is 1.68 bits per heavy atom. The van der Waals surface area contributed by atoms with Gasteiger partial charge in [-0.3, -0.25) is 14.5 Å². The van der Waals surface area contributed by atoms with Crippen molar-refractivity contribution in [2.24, 2.45) is 5.92 Å². The van der Waals surface area contributed by atoms with Gasteiger partial charge >= 0.3 is 6.03 Å². The Hall–Kier alpha value is -3.15. The molecule has 0 aliphatic carbocycles. The average Bonchev–Trinajstić information content (AvgIpc) is 2.99. The van der Waals surface area contributed by atoms with E-state index in [4.69, 9.17) is 0 Å². The van der Waals surface area contributed by atoms with Crippen molar-refractivity contribution in [3.05, 3.63) is 71.3 Å². The van der Waals surface area contributed by atoms with Crippen LogP contribution in [0.25, 0.3) is 0 Å². The molecule has 2 fully saturated rings. The number of hydrogen-bond acceptors (Lipinski definition) is 3. The van der Waals surface area contributed by atoms with Crippen LogP contribution < -0.4 is 5.32 Å². The molecule has 6 nitrogen and oxygen atoms in total. The monoisotopic (exact) mass is 419 g/mol. The first-order valence-electron chi connectivity index (χ1n) is 10.9. The molecule has 0 bridgehead atoms. The Balaban J connectivity index is 1.35. The van der Waals surface area contributed by atoms with Gasteiger partial charge in [0.1, 0.15) is 12.1 Å². The lowest BCUT2D eigenvalue weighted by molar-refractivity contribution is -0.139. The molecule has 0 aromatic heterocycles. The van der Waals surface area contributed by atoms with Crippen LogP contribution in [-0.2, 0) is 21.5 Å². The third kappa shape index (κ3) is 4.33. The maximum absolute atomic E-state index is 13.1. The largest absolute Gasteiger partial charge is 0.341 e. The Bertz CT molecular complexity index is 965. The maximum Gasteiger partial charge on any atom is 0.325 e. The molecule has 31 heavy (non-hydrogen) atoms. The molecule has 0 radical (unpaired) electrons. The zero-order valence-electron chi connectivity index (χ0n) is 18.1. The predicted molar refractivity (Wildman–Crippen MR) is 118 cm³/mol. The molecule has 2 saturated heterocycles. The Labute approximate surface area is 183 Å². The minimum atomic E-state index is -1.15. The van der Waals surface area contributed by atoms with Gasteiger partial charge in [-0.2, -0.15) is 0 Å². The number of nitrogens with one attached hydrogen (secondary N) is 1. The van der Waals surface area contributed by atoms with E-state index in [1.807, 2.05) is 37.3 Å². The number of nitrogens with zero attached hydrogens (tertiary/aromatic N) is 2. The Morgan fingerprint density at radius 1 is 1.03 bits per heavy atom. The molecule has 2 aromatic rings. The molecule has 6 heteroatoms. The third-order valence-electron chi connectivity index (χ3n) is 6.53. The number of rotatable bonds is 5. The fraction of sp³-hybridized carbons (Fsp3) is 0.400. The number of likely N-dealkylation sites (tertiary alicyclic amines) is 1. The van der Waals surface area contributed by atoms with Crippen LogP contribution in [0.1, 0.15) is 36.5 Å². The number of aryl methyl sites for hydroxylation is 1. The first-order valence-corrected chi connectivity index (χ1v) is 10.9. The van der Waals surface area contributed by atoms with E-state index in [0.29, 0.717) is 24.6 Å². The summed E-state index contributed by atoms with van der Waals surface area (Å²) in [6, 6.07) is 17.4. The molecule has 2 heterocycles. The Morgan fingerprint density at radius 3 is 2.32 bits per heavy atom. The second-order valence-electron chi connectivity index (χ2n) is 8.83. The fourth-order valence-electron chi connectivity index (χ4n) is 4.49. The molecule has 162 valence electrons. The van der Waals surface area contributed by atoms with Crippen LogP contribution in [0.2, 0.25) is 0 Å². The van der Waals surface area contributed by atoms with E-state index >= 15 is 0 Å². The van der Waals surface area contributed by atoms with E-state index in [-0.39, 0.29) is 18.4 Å². The van der Waals surface area contributed by atoms with E-state index in [1.54, 1.807) is 11.8 Å². The Kier molecular flexibility index (Phi) is 5.81. The van der Waals surface area contributed by atoms with Crippen LogP contribution in [0.15, 0.2) is 54.6 Å². The molecule has 4 amide bonds. The normalized spacial score (nSPS) is 22.0. The summed E-state index contributed by atoms with van der Waals surface area (Å²) in [5.74, 6) is -0.00326. The summed E-state index contributed by atoms with van der Waals surface area (Å²) < 4.78 is 0. The number of piperidine rings is 1. The molecule has 2 aromatic carbocycles. The molecule has 0 unspecified atom stereocenters. The standard InChI is InChI=1S/C25H29N3O3/c1-18-8-10-21(11-9-18)25(2)23(30)28(24(31)26-25)17-22(29)27-14-12-20(13-15-27)16-19-6-4-3-5-7-19/h3-11,20H,12-17H2,1-2H3,(H,26,31)/t25-/m0/s1. The number of imide groups is 1. The van der Waals surface area contributed by atoms with E-state index in [1.165, 1.54) is 5.56 Å². The topological polar surface area (TPSA) is 69.7 Å². The molecular weight excluding hydrogens is 390 g/mol. The minimum absolute atomic E-state index is 0.171. The van der Waals surface area contributed by atoms with Crippen molar-refractivity contribution in [2.45, 2.75) is 38.6 Å². The van der Waals surface area contributed by atoms with Gasteiger partial charge in [-0.15, -0.1) is 0 Å². The lowest BCUT2D eigenvalue weighted by atomic mass is 9.90. The SMILES string of the molecule is Cc1ccc([C@]2(C)NC(=O)N(CC(=O)N3CCC(Cc4ccccc4)CC3)C2=O)cc1. The first-order chi connectivity index (χ1) is 14.9. The van der Waals surface area contributed by atoms with Crippen molar-refractivity contribution in [3.8, 4) is 0 Å². The highest BCUT2D eigenvalue weighted by molar-refractivity contribution is 6.09. The quantitative estimate of drug-likeness (QED) is 0.757. The number of urea groups is 1. The summed E-state index contributed by atoms with van der Waals surface area (Å²) in [4.78, 5) is 41.3. The smallest absolute Gasteiger partial charge is 0.325 e. The van der Waals surface area contributed by atoms with E-state index in [2.05, 4.69) is 29.6 Å². The van der Waals surface area contributed by atoms with Gasteiger partial charge < -0.3 is 10.2 Å². The molecule has 1 N–H and O–H groups in total. The number of amides is 4. The van der Waals surface area contributed by atoms with Crippen LogP contribution in [0, 0.1) is 12.8 Å². The fourth-order valence-corrected chi connectivity index (χ4v) is 4.49. The van der Waals surface area contributed by atoms with Gasteiger partial charge in [0.2, 0.25) is 5.91 Å². The third-order valence-corrected chi connectivity index (χ3v) is 6.53. The highest BCUT2D eigenvalue weighted by atomic mass is 16.2. The van der Waals surface area contributed by atoms with Gasteiger partial charge in [-0.05, 0) is 50.2 Å². The molecule has 2 aliphatic heterocycles. The van der Waals surface area contributed by atoms with Crippen LogP contribution in [-0.4, -0.2) is 47.3 Å². The number of benzene rings is 2. The van der Waals surface area contributed by atoms with Crippen LogP contribution in [0.3, 0.4) is 0 Å². The zero-order chi connectivity index (χ0) is 22.0. The summed E-state index contributed by atoms with van der Waals surface area (Å²) in [6.07, 6.45) is 2.88. The van der Waals surface area contributed by atoms with Crippen molar-refractivity contribution in [2.75, 3.05) is 19.6 Å². The highest BCUT2D eigenvalue weighted by Gasteiger charge is 2.49. The number of carbonyl (C=O) groups excluding carboxylic acids is 3. The maximum atomic E-state index is 13.1. The first kappa shape index (κ1) is 21.1. The molecule has 0 spiro atoms. The van der Waals surface area contributed by atoms with Crippen molar-refractivity contribution in [1.82, 2.24) is 15.1 Å². The molecule has 0 saturated carbocycles. The minimum Gasteiger partial charge on any atom is -0.341 e. The van der Waals surface area contributed by atoms with Gasteiger partial charge in [0.25, 0.3) is 5.91 Å². The predicted octanol–water partition coefficient (Wildman–Crippen LogP) is 3.24. The van der Waals surface area contributed by atoms with Gasteiger partial charge in [-0.1, -0.05) is 60.2 Å². The molecule has 2 aliphatic rings. The number of carbonyl (C=O) groups is 3. The van der Waals surface area contributed by atoms with Gasteiger partial charge in [-0.25, -0.2) is 4.79 Å².